The first-order chi connectivity index (χ1) is 5.40. The molecule has 2 unspecified atom stereocenters. The van der Waals surface area contributed by atoms with Crippen molar-refractivity contribution in [3.63, 3.8) is 0 Å². The molecule has 12 heavy (non-hydrogen) atoms. The summed E-state index contributed by atoms with van der Waals surface area (Å²) in [7, 11) is -1.18. The molecule has 0 spiro atoms. The minimum Gasteiger partial charge on any atom is -0.378 e. The van der Waals surface area contributed by atoms with Gasteiger partial charge in [-0.15, -0.1) is 0 Å². The van der Waals surface area contributed by atoms with Crippen LogP contribution in [0.4, 0.5) is 0 Å². The summed E-state index contributed by atoms with van der Waals surface area (Å²) in [6.07, 6.45) is 1.24. The molecule has 1 aliphatic rings. The van der Waals surface area contributed by atoms with Crippen molar-refractivity contribution in [1.29, 1.82) is 0 Å². The summed E-state index contributed by atoms with van der Waals surface area (Å²) in [6, 6.07) is 0. The van der Waals surface area contributed by atoms with E-state index in [4.69, 9.17) is 4.74 Å². The predicted molar refractivity (Wildman–Crippen MR) is 47.9 cm³/mol. The highest BCUT2D eigenvalue weighted by atomic mass is 32.2. The van der Waals surface area contributed by atoms with Crippen LogP contribution in [0.5, 0.6) is 0 Å². The summed E-state index contributed by atoms with van der Waals surface area (Å²) in [6.45, 7) is 3.73. The van der Waals surface area contributed by atoms with E-state index in [-0.39, 0.29) is 16.6 Å². The maximum absolute atomic E-state index is 11.3. The summed E-state index contributed by atoms with van der Waals surface area (Å²) in [5, 5.41) is -0.254. The highest BCUT2D eigenvalue weighted by Crippen LogP contribution is 2.30. The van der Waals surface area contributed by atoms with Crippen LogP contribution < -0.4 is 0 Å². The molecule has 0 N–H and O–H groups in total. The van der Waals surface area contributed by atoms with E-state index in [2.05, 4.69) is 0 Å². The largest absolute Gasteiger partial charge is 0.378 e. The Morgan fingerprint density at radius 1 is 1.50 bits per heavy atom. The molecule has 0 aromatic rings. The summed E-state index contributed by atoms with van der Waals surface area (Å²) in [5.74, 6) is 0.262. The second kappa shape index (κ2) is 3.00. The van der Waals surface area contributed by atoms with Crippen LogP contribution >= 0.6 is 0 Å². The van der Waals surface area contributed by atoms with Crippen molar-refractivity contribution in [3.8, 4) is 0 Å². The fourth-order valence-electron chi connectivity index (χ4n) is 1.58. The summed E-state index contributed by atoms with van der Waals surface area (Å²) >= 11 is 0. The number of rotatable bonds is 1. The zero-order valence-electron chi connectivity index (χ0n) is 7.83. The summed E-state index contributed by atoms with van der Waals surface area (Å²) in [4.78, 5) is 0. The van der Waals surface area contributed by atoms with Crippen molar-refractivity contribution in [2.45, 2.75) is 37.5 Å². The first-order valence-corrected chi connectivity index (χ1v) is 5.88. The number of sulfone groups is 1. The van der Waals surface area contributed by atoms with Crippen LogP contribution in [0, 0.1) is 0 Å². The Bertz CT molecular complexity index is 257. The summed E-state index contributed by atoms with van der Waals surface area (Å²) in [5.41, 5.74) is -0.231. The molecule has 0 radical (unpaired) electrons. The Balaban J connectivity index is 2.77. The maximum Gasteiger partial charge on any atom is 0.153 e. The van der Waals surface area contributed by atoms with Gasteiger partial charge in [-0.1, -0.05) is 0 Å². The van der Waals surface area contributed by atoms with Gasteiger partial charge in [0, 0.05) is 7.11 Å². The smallest absolute Gasteiger partial charge is 0.153 e. The average molecular weight is 192 g/mol. The Hall–Kier alpha value is -0.0900. The minimum absolute atomic E-state index is 0.231. The van der Waals surface area contributed by atoms with Gasteiger partial charge in [0.25, 0.3) is 0 Å². The second-order valence-corrected chi connectivity index (χ2v) is 6.32. The van der Waals surface area contributed by atoms with Crippen molar-refractivity contribution in [3.05, 3.63) is 0 Å². The lowest BCUT2D eigenvalue weighted by Gasteiger charge is -2.35. The number of methoxy groups -OCH3 is 1. The monoisotopic (exact) mass is 192 g/mol. The minimum atomic E-state index is -2.82. The van der Waals surface area contributed by atoms with Gasteiger partial charge in [0.1, 0.15) is 0 Å². The van der Waals surface area contributed by atoms with E-state index in [1.54, 1.807) is 14.0 Å². The third-order valence-electron chi connectivity index (χ3n) is 2.74. The van der Waals surface area contributed by atoms with E-state index in [9.17, 15) is 8.42 Å². The molecule has 3 nitrogen and oxygen atoms in total. The number of hydrogen-bond donors (Lipinski definition) is 0. The molecule has 0 aromatic carbocycles. The zero-order valence-corrected chi connectivity index (χ0v) is 8.65. The van der Waals surface area contributed by atoms with E-state index in [1.807, 2.05) is 6.92 Å². The van der Waals surface area contributed by atoms with Gasteiger partial charge >= 0.3 is 0 Å². The third kappa shape index (κ3) is 1.80. The molecule has 0 aliphatic carbocycles. The van der Waals surface area contributed by atoms with E-state index < -0.39 is 9.84 Å². The molecule has 1 aliphatic heterocycles. The molecule has 0 bridgehead atoms. The van der Waals surface area contributed by atoms with Gasteiger partial charge < -0.3 is 4.74 Å². The SMILES string of the molecule is COC1(C)CCS(=O)(=O)C(C)C1. The van der Waals surface area contributed by atoms with Gasteiger partial charge in [-0.3, -0.25) is 0 Å². The normalized spacial score (nSPS) is 41.1. The first-order valence-electron chi connectivity index (χ1n) is 4.16. The lowest BCUT2D eigenvalue weighted by molar-refractivity contribution is -0.00688. The quantitative estimate of drug-likeness (QED) is 0.622. The molecule has 0 aromatic heterocycles. The van der Waals surface area contributed by atoms with E-state index in [0.717, 1.165) is 0 Å². The maximum atomic E-state index is 11.3. The first kappa shape index (κ1) is 9.99. The van der Waals surface area contributed by atoms with Crippen molar-refractivity contribution < 1.29 is 13.2 Å². The molecule has 72 valence electrons. The fourth-order valence-corrected chi connectivity index (χ4v) is 3.31. The van der Waals surface area contributed by atoms with Crippen LogP contribution in [0.2, 0.25) is 0 Å². The Morgan fingerprint density at radius 2 is 2.08 bits per heavy atom. The van der Waals surface area contributed by atoms with Crippen molar-refractivity contribution in [1.82, 2.24) is 0 Å². The Labute approximate surface area is 74.0 Å². The molecule has 1 heterocycles. The standard InChI is InChI=1S/C8H16O3S/c1-7-6-8(2,11-3)4-5-12(7,9)10/h7H,4-6H2,1-3H3. The predicted octanol–water partition coefficient (Wildman–Crippen LogP) is 0.989. The molecule has 1 rings (SSSR count). The van der Waals surface area contributed by atoms with Gasteiger partial charge in [-0.05, 0) is 26.7 Å². The molecular formula is C8H16O3S. The lowest BCUT2D eigenvalue weighted by atomic mass is 9.96. The molecule has 0 amide bonds. The van der Waals surface area contributed by atoms with Crippen LogP contribution in [0.1, 0.15) is 26.7 Å². The fraction of sp³-hybridized carbons (Fsp3) is 1.00. The van der Waals surface area contributed by atoms with Crippen LogP contribution in [0.3, 0.4) is 0 Å². The summed E-state index contributed by atoms with van der Waals surface area (Å²) < 4.78 is 27.9. The van der Waals surface area contributed by atoms with E-state index in [0.29, 0.717) is 12.8 Å². The molecular weight excluding hydrogens is 176 g/mol. The van der Waals surface area contributed by atoms with Gasteiger partial charge in [0.05, 0.1) is 16.6 Å². The van der Waals surface area contributed by atoms with Crippen LogP contribution in [0.15, 0.2) is 0 Å². The van der Waals surface area contributed by atoms with E-state index in [1.165, 1.54) is 0 Å². The van der Waals surface area contributed by atoms with Crippen LogP contribution in [-0.2, 0) is 14.6 Å². The topological polar surface area (TPSA) is 43.4 Å². The number of ether oxygens (including phenoxy) is 1. The van der Waals surface area contributed by atoms with Gasteiger partial charge in [0.2, 0.25) is 0 Å². The van der Waals surface area contributed by atoms with Crippen LogP contribution in [0.25, 0.3) is 0 Å². The van der Waals surface area contributed by atoms with E-state index >= 15 is 0 Å². The third-order valence-corrected chi connectivity index (χ3v) is 4.91. The zero-order chi connectivity index (χ0) is 9.41. The van der Waals surface area contributed by atoms with Gasteiger partial charge in [-0.2, -0.15) is 0 Å². The number of hydrogen-bond acceptors (Lipinski definition) is 3. The molecule has 2 atom stereocenters. The van der Waals surface area contributed by atoms with Gasteiger partial charge in [-0.25, -0.2) is 8.42 Å². The highest BCUT2D eigenvalue weighted by molar-refractivity contribution is 7.92. The molecule has 1 fully saturated rings. The molecule has 4 heteroatoms. The highest BCUT2D eigenvalue weighted by Gasteiger charge is 2.38. The van der Waals surface area contributed by atoms with Crippen molar-refractivity contribution in [2.24, 2.45) is 0 Å². The Kier molecular flexibility index (Phi) is 2.50. The molecule has 0 saturated carbocycles. The second-order valence-electron chi connectivity index (χ2n) is 3.79. The van der Waals surface area contributed by atoms with Crippen LogP contribution in [-0.4, -0.2) is 32.1 Å². The Morgan fingerprint density at radius 3 is 2.50 bits per heavy atom. The average Bonchev–Trinajstić information content (AvgIpc) is 1.99. The van der Waals surface area contributed by atoms with Crippen molar-refractivity contribution in [2.75, 3.05) is 12.9 Å². The van der Waals surface area contributed by atoms with Crippen molar-refractivity contribution >= 4 is 9.84 Å². The molecule has 1 saturated heterocycles. The lowest BCUT2D eigenvalue weighted by Crippen LogP contribution is -2.42. The van der Waals surface area contributed by atoms with Gasteiger partial charge in [0.15, 0.2) is 9.84 Å².